The summed E-state index contributed by atoms with van der Waals surface area (Å²) in [7, 11) is 0. The average Bonchev–Trinajstić information content (AvgIpc) is 3.26. The van der Waals surface area contributed by atoms with Gasteiger partial charge in [0.1, 0.15) is 11.4 Å². The molecule has 0 aliphatic carbocycles. The summed E-state index contributed by atoms with van der Waals surface area (Å²) in [5.41, 5.74) is 0.451. The lowest BCUT2D eigenvalue weighted by atomic mass is 9.86. The van der Waals surface area contributed by atoms with Crippen LogP contribution in [0.5, 0.6) is 0 Å². The van der Waals surface area contributed by atoms with Crippen LogP contribution in [0, 0.1) is 0 Å². The minimum atomic E-state index is -0.721. The Bertz CT molecular complexity index is 841. The van der Waals surface area contributed by atoms with Crippen LogP contribution < -0.4 is 5.32 Å². The molecule has 2 aromatic rings. The highest BCUT2D eigenvalue weighted by atomic mass is 16.2. The third kappa shape index (κ3) is 3.20. The van der Waals surface area contributed by atoms with Crippen LogP contribution in [0.25, 0.3) is 0 Å². The topological polar surface area (TPSA) is 70.5 Å². The van der Waals surface area contributed by atoms with Gasteiger partial charge in [-0.05, 0) is 44.8 Å². The van der Waals surface area contributed by atoms with E-state index in [0.29, 0.717) is 19.4 Å². The Hall–Kier alpha value is -2.67. The van der Waals surface area contributed by atoms with Gasteiger partial charge >= 0.3 is 6.03 Å². The van der Waals surface area contributed by atoms with Crippen LogP contribution in [-0.2, 0) is 24.3 Å². The molecule has 0 saturated carbocycles. The molecule has 2 aliphatic rings. The maximum absolute atomic E-state index is 13.4. The normalized spacial score (nSPS) is 19.0. The molecule has 7 nitrogen and oxygen atoms in total. The Labute approximate surface area is 165 Å². The number of rotatable bonds is 6. The summed E-state index contributed by atoms with van der Waals surface area (Å²) < 4.78 is 1.97. The predicted molar refractivity (Wildman–Crippen MR) is 106 cm³/mol. The molecule has 7 heteroatoms. The molecule has 1 aromatic carbocycles. The largest absolute Gasteiger partial charge is 0.334 e. The second kappa shape index (κ2) is 7.75. The number of aryl methyl sites for hydroxylation is 1. The molecule has 148 valence electrons. The zero-order valence-electron chi connectivity index (χ0n) is 16.3. The molecule has 2 aliphatic heterocycles. The molecule has 4 rings (SSSR count). The molecule has 0 radical (unpaired) electrons. The Morgan fingerprint density at radius 1 is 1.14 bits per heavy atom. The summed E-state index contributed by atoms with van der Waals surface area (Å²) in [6, 6.07) is 9.93. The molecule has 0 atom stereocenters. The van der Waals surface area contributed by atoms with E-state index < -0.39 is 5.54 Å². The smallest absolute Gasteiger partial charge is 0.328 e. The molecular formula is C21H27N5O2. The number of hydrogen-bond acceptors (Lipinski definition) is 4. The quantitative estimate of drug-likeness (QED) is 0.778. The van der Waals surface area contributed by atoms with Gasteiger partial charge in [-0.1, -0.05) is 30.3 Å². The number of imidazole rings is 1. The summed E-state index contributed by atoms with van der Waals surface area (Å²) in [5, 5.41) is 3.32. The summed E-state index contributed by atoms with van der Waals surface area (Å²) in [4.78, 5) is 34.3. The van der Waals surface area contributed by atoms with Gasteiger partial charge < -0.3 is 14.8 Å². The van der Waals surface area contributed by atoms with Crippen molar-refractivity contribution >= 4 is 11.9 Å². The number of benzene rings is 1. The highest BCUT2D eigenvalue weighted by Crippen LogP contribution is 2.36. The highest BCUT2D eigenvalue weighted by molar-refractivity contribution is 6.07. The average molecular weight is 381 g/mol. The van der Waals surface area contributed by atoms with Crippen LogP contribution in [-0.4, -0.2) is 56.5 Å². The fourth-order valence-corrected chi connectivity index (χ4v) is 4.36. The van der Waals surface area contributed by atoms with Gasteiger partial charge in [-0.2, -0.15) is 0 Å². The van der Waals surface area contributed by atoms with Crippen molar-refractivity contribution in [2.24, 2.45) is 0 Å². The number of imide groups is 1. The SMILES string of the molecule is CCn1ccnc1CN1C(=O)N(CCc2ccccc2)C2(CCNCC2)C1=O. The van der Waals surface area contributed by atoms with Gasteiger partial charge in [0.25, 0.3) is 5.91 Å². The molecule has 0 unspecified atom stereocenters. The molecule has 28 heavy (non-hydrogen) atoms. The summed E-state index contributed by atoms with van der Waals surface area (Å²) in [6.07, 6.45) is 5.66. The van der Waals surface area contributed by atoms with E-state index in [9.17, 15) is 9.59 Å². The Kier molecular flexibility index (Phi) is 5.17. The second-order valence-corrected chi connectivity index (χ2v) is 7.47. The van der Waals surface area contributed by atoms with Crippen molar-refractivity contribution in [3.8, 4) is 0 Å². The number of nitrogens with one attached hydrogen (secondary N) is 1. The van der Waals surface area contributed by atoms with Crippen LogP contribution in [0.4, 0.5) is 4.79 Å². The number of carbonyl (C=O) groups excluding carboxylic acids is 2. The molecule has 3 heterocycles. The maximum Gasteiger partial charge on any atom is 0.328 e. The van der Waals surface area contributed by atoms with Crippen molar-refractivity contribution in [1.82, 2.24) is 24.7 Å². The Balaban J connectivity index is 1.59. The molecule has 0 bridgehead atoms. The zero-order valence-corrected chi connectivity index (χ0v) is 16.3. The van der Waals surface area contributed by atoms with Crippen molar-refractivity contribution in [3.05, 3.63) is 54.1 Å². The molecule has 2 fully saturated rings. The minimum absolute atomic E-state index is 0.0716. The Morgan fingerprint density at radius 3 is 2.61 bits per heavy atom. The van der Waals surface area contributed by atoms with E-state index in [4.69, 9.17) is 0 Å². The monoisotopic (exact) mass is 381 g/mol. The van der Waals surface area contributed by atoms with Crippen molar-refractivity contribution in [1.29, 1.82) is 0 Å². The number of urea groups is 1. The van der Waals surface area contributed by atoms with E-state index in [0.717, 1.165) is 31.9 Å². The Morgan fingerprint density at radius 2 is 1.89 bits per heavy atom. The first kappa shape index (κ1) is 18.7. The second-order valence-electron chi connectivity index (χ2n) is 7.47. The van der Waals surface area contributed by atoms with Gasteiger partial charge in [-0.15, -0.1) is 0 Å². The van der Waals surface area contributed by atoms with Gasteiger partial charge in [0.2, 0.25) is 0 Å². The van der Waals surface area contributed by atoms with E-state index in [1.54, 1.807) is 6.20 Å². The first-order valence-electron chi connectivity index (χ1n) is 10.0. The van der Waals surface area contributed by atoms with Crippen molar-refractivity contribution < 1.29 is 9.59 Å². The molecular weight excluding hydrogens is 354 g/mol. The van der Waals surface area contributed by atoms with Gasteiger partial charge in [0.15, 0.2) is 0 Å². The lowest BCUT2D eigenvalue weighted by molar-refractivity contribution is -0.135. The fourth-order valence-electron chi connectivity index (χ4n) is 4.36. The highest BCUT2D eigenvalue weighted by Gasteiger charge is 2.57. The van der Waals surface area contributed by atoms with E-state index in [2.05, 4.69) is 22.4 Å². The number of carbonyl (C=O) groups is 2. The van der Waals surface area contributed by atoms with Crippen molar-refractivity contribution in [2.75, 3.05) is 19.6 Å². The summed E-state index contributed by atoms with van der Waals surface area (Å²) in [6.45, 7) is 5.07. The van der Waals surface area contributed by atoms with E-state index in [-0.39, 0.29) is 18.5 Å². The first-order valence-corrected chi connectivity index (χ1v) is 10.0. The fraction of sp³-hybridized carbons (Fsp3) is 0.476. The lowest BCUT2D eigenvalue weighted by Crippen LogP contribution is -2.56. The minimum Gasteiger partial charge on any atom is -0.334 e. The van der Waals surface area contributed by atoms with Crippen LogP contribution in [0.15, 0.2) is 42.7 Å². The van der Waals surface area contributed by atoms with Crippen LogP contribution >= 0.6 is 0 Å². The van der Waals surface area contributed by atoms with Crippen LogP contribution in [0.1, 0.15) is 31.2 Å². The van der Waals surface area contributed by atoms with Crippen LogP contribution in [0.2, 0.25) is 0 Å². The van der Waals surface area contributed by atoms with E-state index in [1.165, 1.54) is 10.5 Å². The first-order chi connectivity index (χ1) is 13.7. The maximum atomic E-state index is 13.4. The number of piperidine rings is 1. The van der Waals surface area contributed by atoms with E-state index in [1.807, 2.05) is 40.8 Å². The lowest BCUT2D eigenvalue weighted by Gasteiger charge is -2.38. The van der Waals surface area contributed by atoms with Gasteiger partial charge in [0.05, 0.1) is 6.54 Å². The number of aromatic nitrogens is 2. The number of nitrogens with zero attached hydrogens (tertiary/aromatic N) is 4. The van der Waals surface area contributed by atoms with Gasteiger partial charge in [-0.3, -0.25) is 9.69 Å². The molecule has 1 N–H and O–H groups in total. The third-order valence-electron chi connectivity index (χ3n) is 5.96. The molecule has 2 saturated heterocycles. The molecule has 1 aromatic heterocycles. The number of amides is 3. The molecule has 1 spiro atoms. The molecule has 3 amide bonds. The zero-order chi connectivity index (χ0) is 19.6. The van der Waals surface area contributed by atoms with Crippen LogP contribution in [0.3, 0.4) is 0 Å². The van der Waals surface area contributed by atoms with Crippen molar-refractivity contribution in [3.63, 3.8) is 0 Å². The standard InChI is InChI=1S/C21H27N5O2/c1-2-24-15-13-23-18(24)16-25-19(27)21(9-11-22-12-10-21)26(20(25)28)14-8-17-6-4-3-5-7-17/h3-7,13,15,22H,2,8-12,14,16H2,1H3. The van der Waals surface area contributed by atoms with Crippen molar-refractivity contribution in [2.45, 2.75) is 44.8 Å². The summed E-state index contributed by atoms with van der Waals surface area (Å²) in [5.74, 6) is 0.677. The third-order valence-corrected chi connectivity index (χ3v) is 5.96. The predicted octanol–water partition coefficient (Wildman–Crippen LogP) is 2.03. The van der Waals surface area contributed by atoms with Gasteiger partial charge in [-0.25, -0.2) is 9.78 Å². The van der Waals surface area contributed by atoms with Gasteiger partial charge in [0, 0.05) is 25.5 Å². The number of hydrogen-bond donors (Lipinski definition) is 1. The van der Waals surface area contributed by atoms with E-state index >= 15 is 0 Å². The summed E-state index contributed by atoms with van der Waals surface area (Å²) >= 11 is 0.